The Morgan fingerprint density at radius 1 is 1.00 bits per heavy atom. The Morgan fingerprint density at radius 2 is 1.73 bits per heavy atom. The number of ether oxygens (including phenoxy) is 3. The monoisotopic (exact) mass is 316 g/mol. The Morgan fingerprint density at radius 3 is 2.27 bits per heavy atom. The van der Waals surface area contributed by atoms with Crippen LogP contribution < -0.4 is 0 Å². The second-order valence-corrected chi connectivity index (χ2v) is 7.20. The zero-order valence-electron chi connectivity index (χ0n) is 15.7. The van der Waals surface area contributed by atoms with Crippen LogP contribution in [0.3, 0.4) is 0 Å². The first kappa shape index (κ1) is 21.9. The fraction of sp³-hybridized carbons (Fsp3) is 1.00. The van der Waals surface area contributed by atoms with E-state index in [1.807, 2.05) is 0 Å². The molecule has 134 valence electrons. The van der Waals surface area contributed by atoms with Gasteiger partial charge in [0.2, 0.25) is 0 Å². The third kappa shape index (κ3) is 16.3. The Hall–Kier alpha value is -0.120. The van der Waals surface area contributed by atoms with Crippen LogP contribution >= 0.6 is 0 Å². The van der Waals surface area contributed by atoms with E-state index in [2.05, 4.69) is 27.7 Å². The quantitative estimate of drug-likeness (QED) is 0.535. The molecule has 1 rings (SSSR count). The van der Waals surface area contributed by atoms with Crippen LogP contribution in [0.5, 0.6) is 0 Å². The summed E-state index contributed by atoms with van der Waals surface area (Å²) in [5.41, 5.74) is 0. The van der Waals surface area contributed by atoms with Crippen LogP contribution in [0.2, 0.25) is 0 Å². The predicted octanol–water partition coefficient (Wildman–Crippen LogP) is 4.93. The van der Waals surface area contributed by atoms with Crippen molar-refractivity contribution < 1.29 is 14.2 Å². The zero-order valence-corrected chi connectivity index (χ0v) is 15.7. The van der Waals surface area contributed by atoms with Gasteiger partial charge in [-0.3, -0.25) is 0 Å². The van der Waals surface area contributed by atoms with E-state index in [0.717, 1.165) is 44.2 Å². The molecule has 0 saturated carbocycles. The van der Waals surface area contributed by atoms with Crippen molar-refractivity contribution in [2.75, 3.05) is 40.1 Å². The van der Waals surface area contributed by atoms with E-state index in [4.69, 9.17) is 14.2 Å². The van der Waals surface area contributed by atoms with Gasteiger partial charge in [0, 0.05) is 26.9 Å². The first-order valence-corrected chi connectivity index (χ1v) is 9.20. The molecule has 22 heavy (non-hydrogen) atoms. The molecule has 1 unspecified atom stereocenters. The molecule has 3 heteroatoms. The fourth-order valence-corrected chi connectivity index (χ4v) is 2.44. The van der Waals surface area contributed by atoms with Gasteiger partial charge < -0.3 is 14.2 Å². The Kier molecular flexibility index (Phi) is 15.7. The van der Waals surface area contributed by atoms with Gasteiger partial charge in [0.25, 0.3) is 0 Å². The van der Waals surface area contributed by atoms with Gasteiger partial charge in [0.05, 0.1) is 13.2 Å². The lowest BCUT2D eigenvalue weighted by molar-refractivity contribution is 0.0497. The fourth-order valence-electron chi connectivity index (χ4n) is 2.44. The number of hydrogen-bond acceptors (Lipinski definition) is 3. The average molecular weight is 317 g/mol. The molecule has 1 fully saturated rings. The molecule has 0 bridgehead atoms. The van der Waals surface area contributed by atoms with Crippen molar-refractivity contribution >= 4 is 0 Å². The summed E-state index contributed by atoms with van der Waals surface area (Å²) >= 11 is 0. The molecular weight excluding hydrogens is 276 g/mol. The highest BCUT2D eigenvalue weighted by atomic mass is 16.5. The first-order valence-electron chi connectivity index (χ1n) is 9.20. The third-order valence-electron chi connectivity index (χ3n) is 3.91. The minimum absolute atomic E-state index is 0.710. The highest BCUT2D eigenvalue weighted by Crippen LogP contribution is 2.20. The smallest absolute Gasteiger partial charge is 0.0700 e. The van der Waals surface area contributed by atoms with Crippen LogP contribution in [0.15, 0.2) is 0 Å². The summed E-state index contributed by atoms with van der Waals surface area (Å²) in [5.74, 6) is 2.52. The predicted molar refractivity (Wildman–Crippen MR) is 94.4 cm³/mol. The Labute approximate surface area is 139 Å². The molecule has 0 aromatic rings. The maximum Gasteiger partial charge on any atom is 0.0700 e. The van der Waals surface area contributed by atoms with E-state index in [9.17, 15) is 0 Å². The van der Waals surface area contributed by atoms with E-state index < -0.39 is 0 Å². The second kappa shape index (κ2) is 15.8. The van der Waals surface area contributed by atoms with E-state index >= 15 is 0 Å². The summed E-state index contributed by atoms with van der Waals surface area (Å²) in [6.45, 7) is 13.4. The topological polar surface area (TPSA) is 27.7 Å². The van der Waals surface area contributed by atoms with Crippen molar-refractivity contribution in [1.82, 2.24) is 0 Å². The van der Waals surface area contributed by atoms with Crippen molar-refractivity contribution in [2.24, 2.45) is 17.8 Å². The van der Waals surface area contributed by atoms with Gasteiger partial charge in [-0.25, -0.2) is 0 Å². The maximum absolute atomic E-state index is 5.41. The van der Waals surface area contributed by atoms with Gasteiger partial charge in [0.1, 0.15) is 0 Å². The lowest BCUT2D eigenvalue weighted by atomic mass is 9.93. The minimum atomic E-state index is 0.710. The number of rotatable bonds is 10. The molecule has 0 N–H and O–H groups in total. The van der Waals surface area contributed by atoms with Crippen LogP contribution in [-0.4, -0.2) is 40.1 Å². The van der Waals surface area contributed by atoms with E-state index in [0.29, 0.717) is 6.61 Å². The summed E-state index contributed by atoms with van der Waals surface area (Å²) < 4.78 is 15.6. The molecular formula is C19H40O3. The summed E-state index contributed by atoms with van der Waals surface area (Å²) in [5, 5.41) is 0. The van der Waals surface area contributed by atoms with Gasteiger partial charge in [0.15, 0.2) is 0 Å². The van der Waals surface area contributed by atoms with Crippen molar-refractivity contribution in [1.29, 1.82) is 0 Å². The first-order chi connectivity index (χ1) is 10.6. The second-order valence-electron chi connectivity index (χ2n) is 7.20. The average Bonchev–Trinajstić information content (AvgIpc) is 2.50. The molecule has 0 aromatic heterocycles. The Balaban J connectivity index is 0.000000401. The normalized spacial score (nSPS) is 18.4. The summed E-state index contributed by atoms with van der Waals surface area (Å²) in [6.07, 6.45) is 7.84. The van der Waals surface area contributed by atoms with Crippen LogP contribution in [-0.2, 0) is 14.2 Å². The van der Waals surface area contributed by atoms with E-state index in [-0.39, 0.29) is 0 Å². The van der Waals surface area contributed by atoms with E-state index in [1.165, 1.54) is 38.5 Å². The summed E-state index contributed by atoms with van der Waals surface area (Å²) in [6, 6.07) is 0. The lowest BCUT2D eigenvalue weighted by Crippen LogP contribution is -2.17. The van der Waals surface area contributed by atoms with Gasteiger partial charge in [-0.2, -0.15) is 0 Å². The van der Waals surface area contributed by atoms with Gasteiger partial charge in [-0.05, 0) is 49.9 Å². The maximum atomic E-state index is 5.41. The van der Waals surface area contributed by atoms with Gasteiger partial charge in [-0.1, -0.05) is 34.1 Å². The van der Waals surface area contributed by atoms with Crippen molar-refractivity contribution in [3.8, 4) is 0 Å². The van der Waals surface area contributed by atoms with Crippen molar-refractivity contribution in [2.45, 2.75) is 66.2 Å². The molecule has 1 heterocycles. The summed E-state index contributed by atoms with van der Waals surface area (Å²) in [4.78, 5) is 0. The number of methoxy groups -OCH3 is 1. The highest BCUT2D eigenvalue weighted by Gasteiger charge is 2.13. The third-order valence-corrected chi connectivity index (χ3v) is 3.91. The molecule has 0 radical (unpaired) electrons. The highest BCUT2D eigenvalue weighted by molar-refractivity contribution is 4.63. The van der Waals surface area contributed by atoms with E-state index in [1.54, 1.807) is 7.11 Å². The minimum Gasteiger partial charge on any atom is -0.382 e. The van der Waals surface area contributed by atoms with Crippen LogP contribution in [0, 0.1) is 17.8 Å². The molecule has 1 aliphatic rings. The van der Waals surface area contributed by atoms with Crippen molar-refractivity contribution in [3.63, 3.8) is 0 Å². The summed E-state index contributed by atoms with van der Waals surface area (Å²) in [7, 11) is 1.69. The van der Waals surface area contributed by atoms with Crippen LogP contribution in [0.4, 0.5) is 0 Å². The Bertz CT molecular complexity index is 211. The lowest BCUT2D eigenvalue weighted by Gasteiger charge is -2.22. The van der Waals surface area contributed by atoms with Gasteiger partial charge in [-0.15, -0.1) is 0 Å². The largest absolute Gasteiger partial charge is 0.382 e. The molecule has 0 amide bonds. The molecule has 3 nitrogen and oxygen atoms in total. The molecule has 0 aliphatic carbocycles. The molecule has 0 aromatic carbocycles. The molecule has 1 aliphatic heterocycles. The van der Waals surface area contributed by atoms with Crippen LogP contribution in [0.25, 0.3) is 0 Å². The molecule has 0 spiro atoms. The standard InChI is InChI=1S/C10H20O.C9H20O2/c1-9(2)5-6-10-4-3-7-11-8-10;1-9(2)5-4-6-11-8-7-10-3/h9-10H,3-8H2,1-2H3;9H,4-8H2,1-3H3. The SMILES string of the molecule is CC(C)CCC1CCCOC1.COCCOCCCC(C)C. The molecule has 1 atom stereocenters. The molecule has 1 saturated heterocycles. The zero-order chi connectivity index (χ0) is 16.6. The van der Waals surface area contributed by atoms with Crippen molar-refractivity contribution in [3.05, 3.63) is 0 Å². The van der Waals surface area contributed by atoms with Gasteiger partial charge >= 0.3 is 0 Å². The van der Waals surface area contributed by atoms with Crippen LogP contribution in [0.1, 0.15) is 66.2 Å². The number of hydrogen-bond donors (Lipinski definition) is 0.